The van der Waals surface area contributed by atoms with Crippen molar-refractivity contribution in [3.63, 3.8) is 0 Å². The van der Waals surface area contributed by atoms with Crippen LogP contribution in [0.5, 0.6) is 0 Å². The summed E-state index contributed by atoms with van der Waals surface area (Å²) < 4.78 is 18.5. The molecule has 31 heavy (non-hydrogen) atoms. The molecule has 3 aromatic rings. The molecule has 0 spiro atoms. The molecular formula is C23H19Cl2FN2O3. The van der Waals surface area contributed by atoms with E-state index in [9.17, 15) is 14.0 Å². The van der Waals surface area contributed by atoms with Gasteiger partial charge in [0.05, 0.1) is 10.0 Å². The number of nitrogens with zero attached hydrogens (tertiary/aromatic N) is 2. The topological polar surface area (TPSA) is 63.4 Å². The number of hydrogen-bond donors (Lipinski definition) is 0. The van der Waals surface area contributed by atoms with E-state index in [-0.39, 0.29) is 23.4 Å². The zero-order chi connectivity index (χ0) is 22.1. The number of Topliss-reactive ketones (excluding diaryl/α,β-unsaturated/α-hetero) is 1. The Hall–Kier alpha value is -2.70. The number of aromatic nitrogens is 1. The Balaban J connectivity index is 1.48. The van der Waals surface area contributed by atoms with Gasteiger partial charge in [-0.3, -0.25) is 9.59 Å². The number of carbonyl (C=O) groups is 2. The molecule has 0 bridgehead atoms. The molecule has 5 nitrogen and oxygen atoms in total. The maximum atomic E-state index is 13.3. The number of aryl methyl sites for hydroxylation is 1. The normalized spacial score (nSPS) is 14.6. The van der Waals surface area contributed by atoms with Crippen LogP contribution in [0.2, 0.25) is 10.0 Å². The van der Waals surface area contributed by atoms with E-state index in [0.717, 1.165) is 0 Å². The van der Waals surface area contributed by atoms with Crippen molar-refractivity contribution in [3.8, 4) is 11.3 Å². The van der Waals surface area contributed by atoms with Crippen LogP contribution in [0.1, 0.15) is 39.3 Å². The maximum absolute atomic E-state index is 13.3. The van der Waals surface area contributed by atoms with Gasteiger partial charge in [-0.2, -0.15) is 0 Å². The van der Waals surface area contributed by atoms with E-state index >= 15 is 0 Å². The number of halogens is 3. The van der Waals surface area contributed by atoms with Gasteiger partial charge in [0.1, 0.15) is 22.8 Å². The van der Waals surface area contributed by atoms with Gasteiger partial charge in [-0.25, -0.2) is 4.39 Å². The van der Waals surface area contributed by atoms with Gasteiger partial charge in [0, 0.05) is 30.1 Å². The zero-order valence-electron chi connectivity index (χ0n) is 16.7. The molecule has 0 saturated carbocycles. The van der Waals surface area contributed by atoms with Crippen LogP contribution in [0.15, 0.2) is 47.0 Å². The van der Waals surface area contributed by atoms with Crippen LogP contribution in [0, 0.1) is 18.7 Å². The van der Waals surface area contributed by atoms with Crippen LogP contribution in [-0.4, -0.2) is 34.8 Å². The molecule has 4 rings (SSSR count). The van der Waals surface area contributed by atoms with Gasteiger partial charge in [0.2, 0.25) is 0 Å². The Bertz CT molecular complexity index is 1140. The largest absolute Gasteiger partial charge is 0.360 e. The lowest BCUT2D eigenvalue weighted by molar-refractivity contribution is 0.0649. The summed E-state index contributed by atoms with van der Waals surface area (Å²) in [6, 6.07) is 10.6. The number of piperidine rings is 1. The maximum Gasteiger partial charge on any atom is 0.259 e. The third-order valence-corrected chi connectivity index (χ3v) is 6.29. The van der Waals surface area contributed by atoms with Crippen LogP contribution >= 0.6 is 23.2 Å². The minimum Gasteiger partial charge on any atom is -0.360 e. The van der Waals surface area contributed by atoms with Crippen LogP contribution in [0.3, 0.4) is 0 Å². The highest BCUT2D eigenvalue weighted by Crippen LogP contribution is 2.30. The molecule has 1 aliphatic rings. The molecule has 2 heterocycles. The Morgan fingerprint density at radius 2 is 1.74 bits per heavy atom. The average Bonchev–Trinajstić information content (AvgIpc) is 3.16. The fraction of sp³-hybridized carbons (Fsp3) is 0.261. The molecule has 8 heteroatoms. The van der Waals surface area contributed by atoms with Crippen molar-refractivity contribution in [3.05, 3.63) is 75.2 Å². The van der Waals surface area contributed by atoms with Gasteiger partial charge in [0.25, 0.3) is 5.91 Å². The van der Waals surface area contributed by atoms with Crippen LogP contribution < -0.4 is 0 Å². The summed E-state index contributed by atoms with van der Waals surface area (Å²) in [4.78, 5) is 27.7. The second-order valence-corrected chi connectivity index (χ2v) is 8.34. The molecule has 1 aromatic heterocycles. The van der Waals surface area contributed by atoms with Crippen molar-refractivity contribution in [2.45, 2.75) is 19.8 Å². The third-order valence-electron chi connectivity index (χ3n) is 5.55. The predicted molar refractivity (Wildman–Crippen MR) is 116 cm³/mol. The first-order valence-corrected chi connectivity index (χ1v) is 10.6. The smallest absolute Gasteiger partial charge is 0.259 e. The van der Waals surface area contributed by atoms with E-state index in [1.807, 2.05) is 0 Å². The zero-order valence-corrected chi connectivity index (χ0v) is 18.2. The van der Waals surface area contributed by atoms with Gasteiger partial charge in [-0.15, -0.1) is 0 Å². The van der Waals surface area contributed by atoms with Crippen molar-refractivity contribution >= 4 is 34.9 Å². The second kappa shape index (κ2) is 8.81. The van der Waals surface area contributed by atoms with E-state index in [2.05, 4.69) is 5.16 Å². The summed E-state index contributed by atoms with van der Waals surface area (Å²) in [6.07, 6.45) is 1.09. The summed E-state index contributed by atoms with van der Waals surface area (Å²) >= 11 is 12.0. The number of amides is 1. The monoisotopic (exact) mass is 460 g/mol. The predicted octanol–water partition coefficient (Wildman–Crippen LogP) is 5.83. The van der Waals surface area contributed by atoms with Crippen LogP contribution in [0.25, 0.3) is 11.3 Å². The van der Waals surface area contributed by atoms with Gasteiger partial charge in [-0.05, 0) is 62.2 Å². The molecule has 160 valence electrons. The third kappa shape index (κ3) is 4.36. The first-order valence-electron chi connectivity index (χ1n) is 9.86. The molecule has 0 aliphatic carbocycles. The van der Waals surface area contributed by atoms with Crippen LogP contribution in [-0.2, 0) is 0 Å². The SMILES string of the molecule is Cc1onc(-c2ccc(F)cc2)c1C(=O)N1CCC(C(=O)c2ccc(Cl)c(Cl)c2)CC1. The first kappa shape index (κ1) is 21.5. The summed E-state index contributed by atoms with van der Waals surface area (Å²) in [5.74, 6) is -0.373. The van der Waals surface area contributed by atoms with Crippen molar-refractivity contribution in [2.75, 3.05) is 13.1 Å². The summed E-state index contributed by atoms with van der Waals surface area (Å²) in [5, 5.41) is 4.75. The Labute approximate surface area is 188 Å². The standard InChI is InChI=1S/C23H19Cl2FN2O3/c1-13-20(21(27-31-13)14-2-5-17(26)6-3-14)23(30)28-10-8-15(9-11-28)22(29)16-4-7-18(24)19(25)12-16/h2-7,12,15H,8-11H2,1H3. The van der Waals surface area contributed by atoms with E-state index < -0.39 is 0 Å². The molecular weight excluding hydrogens is 442 g/mol. The Morgan fingerprint density at radius 3 is 2.39 bits per heavy atom. The van der Waals surface area contributed by atoms with Crippen molar-refractivity contribution < 1.29 is 18.5 Å². The minimum absolute atomic E-state index is 0.00109. The molecule has 0 atom stereocenters. The second-order valence-electron chi connectivity index (χ2n) is 7.53. The molecule has 2 aromatic carbocycles. The summed E-state index contributed by atoms with van der Waals surface area (Å²) in [6.45, 7) is 2.54. The fourth-order valence-corrected chi connectivity index (χ4v) is 4.11. The van der Waals surface area contributed by atoms with Gasteiger partial charge in [-0.1, -0.05) is 28.4 Å². The van der Waals surface area contributed by atoms with E-state index in [4.69, 9.17) is 27.7 Å². The minimum atomic E-state index is -0.370. The van der Waals surface area contributed by atoms with Crippen molar-refractivity contribution in [2.24, 2.45) is 5.92 Å². The molecule has 1 fully saturated rings. The summed E-state index contributed by atoms with van der Waals surface area (Å²) in [7, 11) is 0. The number of rotatable bonds is 4. The molecule has 0 radical (unpaired) electrons. The highest BCUT2D eigenvalue weighted by Gasteiger charge is 2.32. The molecule has 0 N–H and O–H groups in total. The van der Waals surface area contributed by atoms with Gasteiger partial charge in [0.15, 0.2) is 5.78 Å². The lowest BCUT2D eigenvalue weighted by atomic mass is 9.88. The van der Waals surface area contributed by atoms with Gasteiger partial charge < -0.3 is 9.42 Å². The number of ketones is 1. The van der Waals surface area contributed by atoms with Gasteiger partial charge >= 0.3 is 0 Å². The quantitative estimate of drug-likeness (QED) is 0.459. The number of carbonyl (C=O) groups excluding carboxylic acids is 2. The van der Waals surface area contributed by atoms with Crippen molar-refractivity contribution in [1.29, 1.82) is 0 Å². The number of benzene rings is 2. The fourth-order valence-electron chi connectivity index (χ4n) is 3.82. The first-order chi connectivity index (χ1) is 14.8. The molecule has 0 unspecified atom stereocenters. The van der Waals surface area contributed by atoms with Crippen LogP contribution in [0.4, 0.5) is 4.39 Å². The van der Waals surface area contributed by atoms with Crippen molar-refractivity contribution in [1.82, 2.24) is 10.1 Å². The molecule has 1 amide bonds. The van der Waals surface area contributed by atoms with E-state index in [1.165, 1.54) is 12.1 Å². The Kier molecular flexibility index (Phi) is 6.12. The van der Waals surface area contributed by atoms with E-state index in [0.29, 0.717) is 64.1 Å². The molecule has 1 aliphatic heterocycles. The van der Waals surface area contributed by atoms with E-state index in [1.54, 1.807) is 42.2 Å². The number of likely N-dealkylation sites (tertiary alicyclic amines) is 1. The lowest BCUT2D eigenvalue weighted by Crippen LogP contribution is -2.40. The number of hydrogen-bond acceptors (Lipinski definition) is 4. The average molecular weight is 461 g/mol. The molecule has 1 saturated heterocycles. The highest BCUT2D eigenvalue weighted by molar-refractivity contribution is 6.42. The Morgan fingerprint density at radius 1 is 1.06 bits per heavy atom. The lowest BCUT2D eigenvalue weighted by Gasteiger charge is -2.31. The summed E-state index contributed by atoms with van der Waals surface area (Å²) in [5.41, 5.74) is 1.87. The highest BCUT2D eigenvalue weighted by atomic mass is 35.5.